The highest BCUT2D eigenvalue weighted by molar-refractivity contribution is 5.73. The number of nitrogens with one attached hydrogen (secondary N) is 1. The second kappa shape index (κ2) is 6.51. The summed E-state index contributed by atoms with van der Waals surface area (Å²) in [5.74, 6) is 3.01. The zero-order valence-corrected chi connectivity index (χ0v) is 16.5. The molecule has 0 aromatic heterocycles. The molecular weight excluding hydrogens is 338 g/mol. The molecule has 1 aromatic carbocycles. The molecule has 5 rings (SSSR count). The molecule has 1 aromatic rings. The molecule has 2 heterocycles. The fourth-order valence-electron chi connectivity index (χ4n) is 6.20. The summed E-state index contributed by atoms with van der Waals surface area (Å²) < 4.78 is 11.9. The Morgan fingerprint density at radius 3 is 2.63 bits per heavy atom. The van der Waals surface area contributed by atoms with Gasteiger partial charge in [-0.05, 0) is 67.6 Å². The number of methoxy groups -OCH3 is 1. The molecule has 0 radical (unpaired) electrons. The summed E-state index contributed by atoms with van der Waals surface area (Å²) in [6, 6.07) is 6.75. The quantitative estimate of drug-likeness (QED) is 0.823. The first kappa shape index (κ1) is 17.5. The molecule has 0 amide bonds. The van der Waals surface area contributed by atoms with Crippen LogP contribution in [-0.2, 0) is 16.0 Å². The molecule has 1 spiro atoms. The molecule has 4 nitrogen and oxygen atoms in total. The second-order valence-corrected chi connectivity index (χ2v) is 9.23. The van der Waals surface area contributed by atoms with Gasteiger partial charge in [-0.25, -0.2) is 0 Å². The van der Waals surface area contributed by atoms with Gasteiger partial charge in [-0.3, -0.25) is 4.79 Å². The molecule has 5 atom stereocenters. The van der Waals surface area contributed by atoms with Crippen LogP contribution in [0.15, 0.2) is 18.2 Å². The number of carbonyl (C=O) groups is 1. The third-order valence-electron chi connectivity index (χ3n) is 7.83. The molecule has 146 valence electrons. The van der Waals surface area contributed by atoms with Crippen LogP contribution < -0.4 is 10.1 Å². The van der Waals surface area contributed by atoms with Gasteiger partial charge in [0.1, 0.15) is 11.4 Å². The maximum Gasteiger partial charge on any atom is 0.309 e. The van der Waals surface area contributed by atoms with Crippen molar-refractivity contribution in [3.8, 4) is 5.75 Å². The zero-order valence-electron chi connectivity index (χ0n) is 16.5. The SMILES string of the molecule is COC(=O)C(C)C(c1ccc2c(c1)OC1(CC2)[C@@H]2CC[C@H]1CNC2)C1CC1. The first-order chi connectivity index (χ1) is 13.1. The number of benzene rings is 1. The van der Waals surface area contributed by atoms with Crippen molar-refractivity contribution in [3.63, 3.8) is 0 Å². The topological polar surface area (TPSA) is 47.6 Å². The third kappa shape index (κ3) is 2.79. The third-order valence-corrected chi connectivity index (χ3v) is 7.83. The van der Waals surface area contributed by atoms with E-state index in [4.69, 9.17) is 9.47 Å². The number of ether oxygens (including phenoxy) is 2. The monoisotopic (exact) mass is 369 g/mol. The Labute approximate surface area is 162 Å². The molecule has 3 unspecified atom stereocenters. The fourth-order valence-corrected chi connectivity index (χ4v) is 6.20. The number of piperidine rings is 1. The van der Waals surface area contributed by atoms with E-state index in [1.54, 1.807) is 0 Å². The predicted octanol–water partition coefficient (Wildman–Crippen LogP) is 3.68. The summed E-state index contributed by atoms with van der Waals surface area (Å²) in [5.41, 5.74) is 2.63. The summed E-state index contributed by atoms with van der Waals surface area (Å²) in [6.07, 6.45) is 7.27. The maximum atomic E-state index is 12.2. The molecular formula is C23H31NO3. The van der Waals surface area contributed by atoms with Crippen LogP contribution in [0.5, 0.6) is 5.75 Å². The van der Waals surface area contributed by atoms with Gasteiger partial charge in [-0.1, -0.05) is 19.1 Å². The Bertz CT molecular complexity index is 725. The molecule has 2 aliphatic heterocycles. The standard InChI is InChI=1S/C23H31NO3/c1-14(22(25)26-2)21(16-4-5-16)17-6-3-15-9-10-23(27-20(15)11-17)18-7-8-19(23)13-24-12-18/h3,6,11,14,16,18-19,21,24H,4-5,7-10,12-13H2,1-2H3/t14?,18-,19+,21?,23?. The zero-order chi connectivity index (χ0) is 18.6. The first-order valence-corrected chi connectivity index (χ1v) is 10.7. The minimum atomic E-state index is -0.104. The summed E-state index contributed by atoms with van der Waals surface area (Å²) >= 11 is 0. The summed E-state index contributed by atoms with van der Waals surface area (Å²) in [6.45, 7) is 4.20. The van der Waals surface area contributed by atoms with Gasteiger partial charge in [-0.15, -0.1) is 0 Å². The Balaban J connectivity index is 1.46. The molecule has 2 bridgehead atoms. The highest BCUT2D eigenvalue weighted by Gasteiger charge is 2.55. The Morgan fingerprint density at radius 2 is 1.96 bits per heavy atom. The van der Waals surface area contributed by atoms with E-state index in [0.29, 0.717) is 17.8 Å². The van der Waals surface area contributed by atoms with Crippen molar-refractivity contribution >= 4 is 5.97 Å². The van der Waals surface area contributed by atoms with Crippen molar-refractivity contribution < 1.29 is 14.3 Å². The number of aryl methyl sites for hydroxylation is 1. The molecule has 4 heteroatoms. The van der Waals surface area contributed by atoms with Gasteiger partial charge in [0.15, 0.2) is 0 Å². The van der Waals surface area contributed by atoms with E-state index in [9.17, 15) is 4.79 Å². The number of hydrogen-bond acceptors (Lipinski definition) is 4. The van der Waals surface area contributed by atoms with Gasteiger partial charge >= 0.3 is 5.97 Å². The summed E-state index contributed by atoms with van der Waals surface area (Å²) in [5, 5.41) is 3.60. The highest BCUT2D eigenvalue weighted by Crippen LogP contribution is 2.53. The summed E-state index contributed by atoms with van der Waals surface area (Å²) in [7, 11) is 1.50. The average Bonchev–Trinajstić information content (AvgIpc) is 3.50. The van der Waals surface area contributed by atoms with Crippen LogP contribution in [0.1, 0.15) is 56.1 Å². The lowest BCUT2D eigenvalue weighted by Gasteiger charge is -2.47. The van der Waals surface area contributed by atoms with Gasteiger partial charge < -0.3 is 14.8 Å². The van der Waals surface area contributed by atoms with E-state index in [1.165, 1.54) is 43.9 Å². The van der Waals surface area contributed by atoms with Crippen LogP contribution >= 0.6 is 0 Å². The molecule has 1 N–H and O–H groups in total. The van der Waals surface area contributed by atoms with Gasteiger partial charge in [0, 0.05) is 24.9 Å². The van der Waals surface area contributed by atoms with Crippen LogP contribution in [0.2, 0.25) is 0 Å². The second-order valence-electron chi connectivity index (χ2n) is 9.23. The number of fused-ring (bicyclic) bond motifs is 1. The minimum Gasteiger partial charge on any atom is -0.486 e. The Kier molecular flexibility index (Phi) is 4.23. The van der Waals surface area contributed by atoms with Gasteiger partial charge in [0.25, 0.3) is 0 Å². The largest absolute Gasteiger partial charge is 0.486 e. The van der Waals surface area contributed by atoms with Crippen LogP contribution in [0, 0.1) is 23.7 Å². The van der Waals surface area contributed by atoms with Gasteiger partial charge in [-0.2, -0.15) is 0 Å². The van der Waals surface area contributed by atoms with Gasteiger partial charge in [0.05, 0.1) is 13.0 Å². The normalized spacial score (nSPS) is 33.9. The smallest absolute Gasteiger partial charge is 0.309 e. The number of carbonyl (C=O) groups excluding carboxylic acids is 1. The van der Waals surface area contributed by atoms with Crippen molar-refractivity contribution in [2.24, 2.45) is 23.7 Å². The molecule has 3 fully saturated rings. The van der Waals surface area contributed by atoms with E-state index in [2.05, 4.69) is 23.5 Å². The predicted molar refractivity (Wildman–Crippen MR) is 104 cm³/mol. The van der Waals surface area contributed by atoms with E-state index >= 15 is 0 Å². The number of esters is 1. The van der Waals surface area contributed by atoms with E-state index in [1.807, 2.05) is 6.92 Å². The van der Waals surface area contributed by atoms with Crippen LogP contribution in [-0.4, -0.2) is 31.8 Å². The maximum absolute atomic E-state index is 12.2. The van der Waals surface area contributed by atoms with E-state index in [0.717, 1.165) is 31.7 Å². The first-order valence-electron chi connectivity index (χ1n) is 10.7. The van der Waals surface area contributed by atoms with E-state index in [-0.39, 0.29) is 23.4 Å². The Morgan fingerprint density at radius 1 is 1.22 bits per heavy atom. The van der Waals surface area contributed by atoms with Crippen LogP contribution in [0.4, 0.5) is 0 Å². The highest BCUT2D eigenvalue weighted by atomic mass is 16.5. The van der Waals surface area contributed by atoms with Crippen molar-refractivity contribution in [2.75, 3.05) is 20.2 Å². The Hall–Kier alpha value is -1.55. The molecule has 4 aliphatic rings. The molecule has 2 saturated carbocycles. The lowest BCUT2D eigenvalue weighted by atomic mass is 9.75. The number of rotatable bonds is 4. The van der Waals surface area contributed by atoms with Crippen LogP contribution in [0.3, 0.4) is 0 Å². The van der Waals surface area contributed by atoms with Crippen molar-refractivity contribution in [2.45, 2.75) is 57.0 Å². The average molecular weight is 370 g/mol. The molecule has 27 heavy (non-hydrogen) atoms. The summed E-state index contributed by atoms with van der Waals surface area (Å²) in [4.78, 5) is 12.2. The van der Waals surface area contributed by atoms with E-state index < -0.39 is 0 Å². The van der Waals surface area contributed by atoms with Crippen molar-refractivity contribution in [1.82, 2.24) is 5.32 Å². The van der Waals surface area contributed by atoms with Crippen LogP contribution in [0.25, 0.3) is 0 Å². The fraction of sp³-hybridized carbons (Fsp3) is 0.696. The lowest BCUT2D eigenvalue weighted by molar-refractivity contribution is -0.145. The minimum absolute atomic E-state index is 0.0416. The molecule has 2 aliphatic carbocycles. The van der Waals surface area contributed by atoms with Crippen molar-refractivity contribution in [1.29, 1.82) is 0 Å². The lowest BCUT2D eigenvalue weighted by Crippen LogP contribution is -2.57. The number of hydrogen-bond donors (Lipinski definition) is 1. The van der Waals surface area contributed by atoms with Crippen molar-refractivity contribution in [3.05, 3.63) is 29.3 Å². The molecule has 1 saturated heterocycles. The van der Waals surface area contributed by atoms with Gasteiger partial charge in [0.2, 0.25) is 0 Å².